The van der Waals surface area contributed by atoms with Crippen molar-refractivity contribution in [3.05, 3.63) is 24.0 Å². The summed E-state index contributed by atoms with van der Waals surface area (Å²) in [7, 11) is 0. The van der Waals surface area contributed by atoms with Gasteiger partial charge in [-0.1, -0.05) is 0 Å². The van der Waals surface area contributed by atoms with Gasteiger partial charge < -0.3 is 9.84 Å². The highest BCUT2D eigenvalue weighted by molar-refractivity contribution is 6.20. The minimum absolute atomic E-state index is 0.268. The van der Waals surface area contributed by atoms with E-state index in [-0.39, 0.29) is 11.4 Å². The average Bonchev–Trinajstić information content (AvgIpc) is 2.02. The zero-order valence-electron chi connectivity index (χ0n) is 6.58. The highest BCUT2D eigenvalue weighted by atomic mass is 35.5. The lowest BCUT2D eigenvalue weighted by atomic mass is 10.3. The third-order valence-corrected chi connectivity index (χ3v) is 1.27. The van der Waals surface area contributed by atoms with E-state index in [9.17, 15) is 13.6 Å². The van der Waals surface area contributed by atoms with E-state index in [1.54, 1.807) is 0 Å². The van der Waals surface area contributed by atoms with Gasteiger partial charge in [-0.25, -0.2) is 9.78 Å². The molecule has 0 amide bonds. The third-order valence-electron chi connectivity index (χ3n) is 1.19. The molecule has 0 aliphatic rings. The quantitative estimate of drug-likeness (QED) is 0.796. The number of carboxylic acid groups (broad SMARTS) is 1. The molecule has 0 saturated carbocycles. The normalized spacial score (nSPS) is 11.1. The van der Waals surface area contributed by atoms with Crippen LogP contribution in [0.1, 0.15) is 10.5 Å². The van der Waals surface area contributed by atoms with Crippen LogP contribution < -0.4 is 4.74 Å². The summed E-state index contributed by atoms with van der Waals surface area (Å²) in [6, 6.07) is 2.06. The summed E-state index contributed by atoms with van der Waals surface area (Å²) in [5.41, 5.74) is -4.10. The Morgan fingerprint density at radius 3 is 2.57 bits per heavy atom. The molecule has 14 heavy (non-hydrogen) atoms. The number of hydrogen-bond acceptors (Lipinski definition) is 3. The number of hydrogen-bond donors (Lipinski definition) is 1. The molecule has 7 heteroatoms. The molecule has 0 radical (unpaired) electrons. The standard InChI is InChI=1S/C7H4ClF2NO3/c8-7(9,10)14-4-1-2-5(6(12)13)11-3-4/h1-3H,(H,12,13). The lowest BCUT2D eigenvalue weighted by molar-refractivity contribution is -0.0966. The molecule has 0 saturated heterocycles. The number of carboxylic acids is 1. The first kappa shape index (κ1) is 10.6. The summed E-state index contributed by atoms with van der Waals surface area (Å²) >= 11 is 4.47. The van der Waals surface area contributed by atoms with Crippen molar-refractivity contribution >= 4 is 17.6 Å². The van der Waals surface area contributed by atoms with Gasteiger partial charge in [0.2, 0.25) is 0 Å². The number of nitrogens with zero attached hydrogens (tertiary/aromatic N) is 1. The first-order chi connectivity index (χ1) is 6.38. The number of carbonyl (C=O) groups is 1. The second kappa shape index (κ2) is 3.75. The molecule has 1 N–H and O–H groups in total. The molecule has 1 aromatic rings. The van der Waals surface area contributed by atoms with Gasteiger partial charge in [0.15, 0.2) is 0 Å². The zero-order chi connectivity index (χ0) is 10.8. The van der Waals surface area contributed by atoms with Crippen LogP contribution in [-0.4, -0.2) is 21.6 Å². The Kier molecular flexibility index (Phi) is 2.85. The van der Waals surface area contributed by atoms with Crippen molar-refractivity contribution < 1.29 is 23.4 Å². The molecule has 0 atom stereocenters. The summed E-state index contributed by atoms with van der Waals surface area (Å²) in [6.45, 7) is 0. The van der Waals surface area contributed by atoms with Crippen LogP contribution in [0.4, 0.5) is 8.78 Å². The van der Waals surface area contributed by atoms with E-state index < -0.39 is 11.5 Å². The number of ether oxygens (including phenoxy) is 1. The fourth-order valence-corrected chi connectivity index (χ4v) is 0.790. The van der Waals surface area contributed by atoms with E-state index in [2.05, 4.69) is 21.3 Å². The second-order valence-corrected chi connectivity index (χ2v) is 2.67. The summed E-state index contributed by atoms with van der Waals surface area (Å²) in [4.78, 5) is 13.7. The van der Waals surface area contributed by atoms with Crippen molar-refractivity contribution in [1.82, 2.24) is 4.98 Å². The molecule has 1 aromatic heterocycles. The molecular formula is C7H4ClF2NO3. The maximum Gasteiger partial charge on any atom is 0.487 e. The SMILES string of the molecule is O=C(O)c1ccc(OC(F)(F)Cl)cn1. The Hall–Kier alpha value is -1.43. The molecule has 0 unspecified atom stereocenters. The first-order valence-electron chi connectivity index (χ1n) is 3.33. The predicted molar refractivity (Wildman–Crippen MR) is 42.6 cm³/mol. The molecular weight excluding hydrogens is 220 g/mol. The number of rotatable bonds is 3. The molecule has 76 valence electrons. The van der Waals surface area contributed by atoms with E-state index in [0.717, 1.165) is 18.3 Å². The summed E-state index contributed by atoms with van der Waals surface area (Å²) in [5.74, 6) is -1.57. The Bertz CT molecular complexity index is 336. The van der Waals surface area contributed by atoms with Crippen LogP contribution >= 0.6 is 11.6 Å². The third kappa shape index (κ3) is 3.14. The van der Waals surface area contributed by atoms with Crippen LogP contribution in [-0.2, 0) is 0 Å². The second-order valence-electron chi connectivity index (χ2n) is 2.23. The minimum Gasteiger partial charge on any atom is -0.477 e. The molecule has 0 aliphatic carbocycles. The number of halogens is 3. The topological polar surface area (TPSA) is 59.4 Å². The van der Waals surface area contributed by atoms with E-state index in [1.807, 2.05) is 0 Å². The van der Waals surface area contributed by atoms with Gasteiger partial charge in [-0.15, -0.1) is 8.78 Å². The van der Waals surface area contributed by atoms with E-state index in [1.165, 1.54) is 0 Å². The minimum atomic E-state index is -3.83. The predicted octanol–water partition coefficient (Wildman–Crippen LogP) is 1.95. The van der Waals surface area contributed by atoms with Crippen molar-refractivity contribution in [2.45, 2.75) is 5.57 Å². The van der Waals surface area contributed by atoms with Crippen molar-refractivity contribution in [2.24, 2.45) is 0 Å². The number of aromatic nitrogens is 1. The van der Waals surface area contributed by atoms with Crippen molar-refractivity contribution in [2.75, 3.05) is 0 Å². The first-order valence-corrected chi connectivity index (χ1v) is 3.71. The van der Waals surface area contributed by atoms with Crippen LogP contribution in [0, 0.1) is 0 Å². The molecule has 0 bridgehead atoms. The molecule has 1 heterocycles. The fourth-order valence-electron chi connectivity index (χ4n) is 0.701. The van der Waals surface area contributed by atoms with Gasteiger partial charge >= 0.3 is 11.5 Å². The van der Waals surface area contributed by atoms with Gasteiger partial charge in [0.25, 0.3) is 0 Å². The van der Waals surface area contributed by atoms with Crippen LogP contribution in [0.5, 0.6) is 5.75 Å². The van der Waals surface area contributed by atoms with Gasteiger partial charge in [0.05, 0.1) is 6.20 Å². The highest BCUT2D eigenvalue weighted by Gasteiger charge is 2.27. The Labute approximate surface area is 82.1 Å². The van der Waals surface area contributed by atoms with E-state index in [0.29, 0.717) is 0 Å². The fraction of sp³-hybridized carbons (Fsp3) is 0.143. The summed E-state index contributed by atoms with van der Waals surface area (Å²) in [6.07, 6.45) is 0.847. The van der Waals surface area contributed by atoms with Gasteiger partial charge in [0, 0.05) is 11.6 Å². The summed E-state index contributed by atoms with van der Waals surface area (Å²) in [5, 5.41) is 8.43. The van der Waals surface area contributed by atoms with Gasteiger partial charge in [-0.3, -0.25) is 0 Å². The molecule has 0 fully saturated rings. The van der Waals surface area contributed by atoms with Crippen LogP contribution in [0.2, 0.25) is 0 Å². The Morgan fingerprint density at radius 2 is 2.21 bits per heavy atom. The average molecular weight is 224 g/mol. The van der Waals surface area contributed by atoms with Gasteiger partial charge in [0.1, 0.15) is 11.4 Å². The van der Waals surface area contributed by atoms with Crippen molar-refractivity contribution in [3.63, 3.8) is 0 Å². The molecule has 1 rings (SSSR count). The number of alkyl halides is 3. The number of pyridine rings is 1. The van der Waals surface area contributed by atoms with E-state index >= 15 is 0 Å². The largest absolute Gasteiger partial charge is 0.487 e. The maximum absolute atomic E-state index is 12.1. The smallest absolute Gasteiger partial charge is 0.477 e. The molecule has 0 aliphatic heterocycles. The lowest BCUT2D eigenvalue weighted by Gasteiger charge is -2.09. The Morgan fingerprint density at radius 1 is 1.57 bits per heavy atom. The highest BCUT2D eigenvalue weighted by Crippen LogP contribution is 2.24. The van der Waals surface area contributed by atoms with Crippen molar-refractivity contribution in [3.8, 4) is 5.75 Å². The molecule has 0 spiro atoms. The maximum atomic E-state index is 12.1. The molecule has 4 nitrogen and oxygen atoms in total. The lowest BCUT2D eigenvalue weighted by Crippen LogP contribution is -2.15. The van der Waals surface area contributed by atoms with Crippen LogP contribution in [0.25, 0.3) is 0 Å². The zero-order valence-corrected chi connectivity index (χ0v) is 7.33. The van der Waals surface area contributed by atoms with Crippen molar-refractivity contribution in [1.29, 1.82) is 0 Å². The van der Waals surface area contributed by atoms with E-state index in [4.69, 9.17) is 5.11 Å². The Balaban J connectivity index is 2.79. The van der Waals surface area contributed by atoms with Gasteiger partial charge in [-0.2, -0.15) is 0 Å². The summed E-state index contributed by atoms with van der Waals surface area (Å²) < 4.78 is 28.0. The van der Waals surface area contributed by atoms with Crippen LogP contribution in [0.15, 0.2) is 18.3 Å². The van der Waals surface area contributed by atoms with Crippen LogP contribution in [0.3, 0.4) is 0 Å². The monoisotopic (exact) mass is 223 g/mol. The van der Waals surface area contributed by atoms with Gasteiger partial charge in [-0.05, 0) is 12.1 Å². The number of aromatic carboxylic acids is 1. The molecule has 0 aromatic carbocycles.